The quantitative estimate of drug-likeness (QED) is 0.465. The molecule has 0 spiro atoms. The molecule has 0 fully saturated rings. The monoisotopic (exact) mass is 405 g/mol. The number of hydrogen-bond donors (Lipinski definition) is 1. The lowest BCUT2D eigenvalue weighted by atomic mass is 10.1. The topological polar surface area (TPSA) is 78.4 Å². The Hall–Kier alpha value is -2.38. The number of rotatable bonds is 7. The first-order valence-electron chi connectivity index (χ1n) is 9.38. The molecule has 0 aliphatic rings. The van der Waals surface area contributed by atoms with E-state index in [1.54, 1.807) is 13.4 Å². The summed E-state index contributed by atoms with van der Waals surface area (Å²) >= 11 is 0. The third kappa shape index (κ3) is 4.54. The summed E-state index contributed by atoms with van der Waals surface area (Å²) in [7, 11) is 3.14. The Labute approximate surface area is 170 Å². The van der Waals surface area contributed by atoms with Crippen LogP contribution in [0, 0.1) is 6.92 Å². The summed E-state index contributed by atoms with van der Waals surface area (Å²) in [5, 5.41) is 2.34. The van der Waals surface area contributed by atoms with Crippen molar-refractivity contribution in [1.82, 2.24) is 18.7 Å². The Morgan fingerprint density at radius 1 is 1.11 bits per heavy atom. The highest BCUT2D eigenvalue weighted by molar-refractivity contribution is 5.69. The van der Waals surface area contributed by atoms with Crippen LogP contribution in [0.4, 0.5) is 0 Å². The van der Waals surface area contributed by atoms with Crippen molar-refractivity contribution in [3.8, 4) is 0 Å². The third-order valence-electron chi connectivity index (χ3n) is 5.17. The lowest BCUT2D eigenvalue weighted by molar-refractivity contribution is -0.686. The molecule has 0 aliphatic heterocycles. The van der Waals surface area contributed by atoms with Crippen LogP contribution in [0.3, 0.4) is 0 Å². The Balaban J connectivity index is 0.00000280. The number of aryl methyl sites for hydroxylation is 3. The second kappa shape index (κ2) is 9.21. The molecule has 3 aromatic rings. The number of fused-ring (bicyclic) bond motifs is 1. The number of benzene rings is 1. The van der Waals surface area contributed by atoms with Crippen LogP contribution in [0.5, 0.6) is 0 Å². The van der Waals surface area contributed by atoms with Gasteiger partial charge in [-0.2, -0.15) is 0 Å². The number of hydrogen-bond acceptors (Lipinski definition) is 3. The molecule has 1 atom stereocenters. The van der Waals surface area contributed by atoms with E-state index in [0.717, 1.165) is 24.0 Å². The lowest BCUT2D eigenvalue weighted by Gasteiger charge is -2.12. The molecule has 2 heterocycles. The maximum Gasteiger partial charge on any atom is 0.332 e. The van der Waals surface area contributed by atoms with Gasteiger partial charge in [-0.05, 0) is 19.4 Å². The summed E-state index contributed by atoms with van der Waals surface area (Å²) in [6.07, 6.45) is 3.62. The summed E-state index contributed by atoms with van der Waals surface area (Å²) in [6, 6.07) is 9.11. The van der Waals surface area contributed by atoms with Crippen LogP contribution in [0.1, 0.15) is 24.5 Å². The van der Waals surface area contributed by atoms with E-state index in [0.29, 0.717) is 23.8 Å². The van der Waals surface area contributed by atoms with Gasteiger partial charge < -0.3 is 22.3 Å². The van der Waals surface area contributed by atoms with Crippen LogP contribution in [-0.2, 0) is 27.1 Å². The average Bonchev–Trinajstić information content (AvgIpc) is 3.09. The van der Waals surface area contributed by atoms with E-state index in [-0.39, 0.29) is 23.7 Å². The average molecular weight is 406 g/mol. The van der Waals surface area contributed by atoms with Gasteiger partial charge in [0, 0.05) is 33.5 Å². The Bertz CT molecular complexity index is 1050. The van der Waals surface area contributed by atoms with E-state index < -0.39 is 0 Å². The minimum atomic E-state index is -0.351. The van der Waals surface area contributed by atoms with Gasteiger partial charge >= 0.3 is 5.69 Å². The van der Waals surface area contributed by atoms with E-state index in [1.807, 2.05) is 4.57 Å². The van der Waals surface area contributed by atoms with Gasteiger partial charge in [-0.15, -0.1) is 0 Å². The van der Waals surface area contributed by atoms with Crippen LogP contribution >= 0.6 is 0 Å². The van der Waals surface area contributed by atoms with Gasteiger partial charge in [0.05, 0.1) is 18.9 Å². The molecular formula is C20H28ClN5O2. The molecule has 0 radical (unpaired) electrons. The minimum absolute atomic E-state index is 0. The number of quaternary nitrogens is 1. The number of nitrogens with two attached hydrogens (primary N) is 1. The van der Waals surface area contributed by atoms with Crippen LogP contribution in [0.15, 0.2) is 40.2 Å². The molecule has 28 heavy (non-hydrogen) atoms. The van der Waals surface area contributed by atoms with Crippen molar-refractivity contribution >= 4 is 11.2 Å². The summed E-state index contributed by atoms with van der Waals surface area (Å²) in [4.78, 5) is 28.7. The summed E-state index contributed by atoms with van der Waals surface area (Å²) in [5.41, 5.74) is 2.93. The van der Waals surface area contributed by atoms with Crippen molar-refractivity contribution in [2.75, 3.05) is 6.54 Å². The highest BCUT2D eigenvalue weighted by atomic mass is 35.5. The molecule has 152 valence electrons. The second-order valence-corrected chi connectivity index (χ2v) is 7.34. The molecule has 3 rings (SSSR count). The van der Waals surface area contributed by atoms with Crippen molar-refractivity contribution in [2.24, 2.45) is 14.1 Å². The third-order valence-corrected chi connectivity index (χ3v) is 5.17. The van der Waals surface area contributed by atoms with Gasteiger partial charge in [0.25, 0.3) is 5.56 Å². The van der Waals surface area contributed by atoms with E-state index in [2.05, 4.69) is 48.4 Å². The fraction of sp³-hybridized carbons (Fsp3) is 0.450. The van der Waals surface area contributed by atoms with Crippen molar-refractivity contribution in [3.05, 3.63) is 62.6 Å². The highest BCUT2D eigenvalue weighted by Crippen LogP contribution is 2.07. The zero-order chi connectivity index (χ0) is 19.6. The fourth-order valence-corrected chi connectivity index (χ4v) is 3.32. The van der Waals surface area contributed by atoms with E-state index >= 15 is 0 Å². The summed E-state index contributed by atoms with van der Waals surface area (Å²) in [6.45, 7) is 6.03. The molecule has 2 N–H and O–H groups in total. The highest BCUT2D eigenvalue weighted by Gasteiger charge is 2.15. The van der Waals surface area contributed by atoms with Gasteiger partial charge in [-0.25, -0.2) is 9.78 Å². The summed E-state index contributed by atoms with van der Waals surface area (Å²) < 4.78 is 4.42. The predicted octanol–water partition coefficient (Wildman–Crippen LogP) is -2.67. The van der Waals surface area contributed by atoms with Crippen LogP contribution < -0.4 is 29.0 Å². The fourth-order valence-electron chi connectivity index (χ4n) is 3.32. The standard InChI is InChI=1S/C20H27N5O2.ClH/c1-14-5-7-16(8-6-14)9-11-21-15(2)10-12-25-13-22-18-17(25)19(26)24(4)20(27)23(18)3;/h5-8,13,15,21H,9-12H2,1-4H3;1H. The molecule has 2 aromatic heterocycles. The SMILES string of the molecule is Cc1ccc(CC[NH2+]C(C)CCn2cnc3c2c(=O)n(C)c(=O)n3C)cc1.[Cl-]. The zero-order valence-corrected chi connectivity index (χ0v) is 17.6. The molecule has 0 bridgehead atoms. The van der Waals surface area contributed by atoms with Gasteiger partial charge in [-0.1, -0.05) is 29.8 Å². The maximum absolute atomic E-state index is 12.5. The summed E-state index contributed by atoms with van der Waals surface area (Å²) in [5.74, 6) is 0. The van der Waals surface area contributed by atoms with Crippen LogP contribution in [-0.4, -0.2) is 31.3 Å². The van der Waals surface area contributed by atoms with E-state index in [4.69, 9.17) is 0 Å². The molecule has 1 aromatic carbocycles. The molecule has 8 heteroatoms. The largest absolute Gasteiger partial charge is 1.00 e. The first-order valence-corrected chi connectivity index (χ1v) is 9.38. The first-order chi connectivity index (χ1) is 12.9. The van der Waals surface area contributed by atoms with Gasteiger partial charge in [0.2, 0.25) is 0 Å². The normalized spacial score (nSPS) is 12.1. The Kier molecular flexibility index (Phi) is 7.21. The number of aromatic nitrogens is 4. The predicted molar refractivity (Wildman–Crippen MR) is 106 cm³/mol. The van der Waals surface area contributed by atoms with Gasteiger partial charge in [-0.3, -0.25) is 13.9 Å². The van der Waals surface area contributed by atoms with Crippen LogP contribution in [0.25, 0.3) is 11.2 Å². The van der Waals surface area contributed by atoms with Crippen molar-refractivity contribution in [3.63, 3.8) is 0 Å². The van der Waals surface area contributed by atoms with Crippen molar-refractivity contribution in [2.45, 2.75) is 39.3 Å². The number of nitrogens with zero attached hydrogens (tertiary/aromatic N) is 4. The van der Waals surface area contributed by atoms with E-state index in [9.17, 15) is 9.59 Å². The van der Waals surface area contributed by atoms with Crippen LogP contribution in [0.2, 0.25) is 0 Å². The van der Waals surface area contributed by atoms with Crippen molar-refractivity contribution < 1.29 is 17.7 Å². The van der Waals surface area contributed by atoms with E-state index in [1.165, 1.54) is 22.7 Å². The molecule has 0 aliphatic carbocycles. The molecular weight excluding hydrogens is 378 g/mol. The molecule has 7 nitrogen and oxygen atoms in total. The number of halogens is 1. The first kappa shape index (κ1) is 21.9. The van der Waals surface area contributed by atoms with Gasteiger partial charge in [0.1, 0.15) is 0 Å². The lowest BCUT2D eigenvalue weighted by Crippen LogP contribution is -3.00. The molecule has 0 amide bonds. The molecule has 1 unspecified atom stereocenters. The Morgan fingerprint density at radius 2 is 1.79 bits per heavy atom. The molecule has 0 saturated carbocycles. The zero-order valence-electron chi connectivity index (χ0n) is 16.9. The minimum Gasteiger partial charge on any atom is -1.00 e. The van der Waals surface area contributed by atoms with Crippen molar-refractivity contribution in [1.29, 1.82) is 0 Å². The Morgan fingerprint density at radius 3 is 2.46 bits per heavy atom. The maximum atomic E-state index is 12.5. The smallest absolute Gasteiger partial charge is 0.332 e. The number of imidazole rings is 1. The molecule has 0 saturated heterocycles. The van der Waals surface area contributed by atoms with Gasteiger partial charge in [0.15, 0.2) is 11.2 Å². The second-order valence-electron chi connectivity index (χ2n) is 7.34.